The quantitative estimate of drug-likeness (QED) is 0.487. The highest BCUT2D eigenvalue weighted by Gasteiger charge is 2.10. The second-order valence-electron chi connectivity index (χ2n) is 5.35. The SMILES string of the molecule is Cc1ccc(C(CCl)CCOCCC(C)C)cc1. The van der Waals surface area contributed by atoms with Gasteiger partial charge in [0, 0.05) is 19.1 Å². The Kier molecular flexibility index (Phi) is 7.38. The van der Waals surface area contributed by atoms with E-state index in [-0.39, 0.29) is 0 Å². The fourth-order valence-corrected chi connectivity index (χ4v) is 2.15. The van der Waals surface area contributed by atoms with Gasteiger partial charge in [0.2, 0.25) is 0 Å². The van der Waals surface area contributed by atoms with Crippen molar-refractivity contribution in [3.05, 3.63) is 35.4 Å². The molecule has 0 fully saturated rings. The Morgan fingerprint density at radius 1 is 1.06 bits per heavy atom. The zero-order chi connectivity index (χ0) is 13.4. The minimum atomic E-state index is 0.409. The van der Waals surface area contributed by atoms with E-state index < -0.39 is 0 Å². The Hall–Kier alpha value is -0.530. The third kappa shape index (κ3) is 5.88. The second-order valence-corrected chi connectivity index (χ2v) is 5.65. The third-order valence-electron chi connectivity index (χ3n) is 3.19. The molecule has 0 aliphatic carbocycles. The maximum atomic E-state index is 6.05. The molecule has 0 heterocycles. The van der Waals surface area contributed by atoms with Gasteiger partial charge in [-0.25, -0.2) is 0 Å². The minimum Gasteiger partial charge on any atom is -0.381 e. The van der Waals surface area contributed by atoms with Gasteiger partial charge < -0.3 is 4.74 Å². The lowest BCUT2D eigenvalue weighted by molar-refractivity contribution is 0.118. The monoisotopic (exact) mass is 268 g/mol. The van der Waals surface area contributed by atoms with E-state index in [1.807, 2.05) is 0 Å². The van der Waals surface area contributed by atoms with Crippen LogP contribution >= 0.6 is 11.6 Å². The molecule has 0 spiro atoms. The Morgan fingerprint density at radius 3 is 2.22 bits per heavy atom. The maximum Gasteiger partial charge on any atom is 0.0472 e. The molecule has 0 amide bonds. The van der Waals surface area contributed by atoms with E-state index in [0.29, 0.717) is 17.7 Å². The number of rotatable bonds is 8. The van der Waals surface area contributed by atoms with Crippen molar-refractivity contribution in [1.82, 2.24) is 0 Å². The van der Waals surface area contributed by atoms with Gasteiger partial charge in [-0.15, -0.1) is 11.6 Å². The average molecular weight is 269 g/mol. The van der Waals surface area contributed by atoms with Gasteiger partial charge in [-0.3, -0.25) is 0 Å². The first-order valence-corrected chi connectivity index (χ1v) is 7.37. The van der Waals surface area contributed by atoms with Crippen LogP contribution in [0.15, 0.2) is 24.3 Å². The van der Waals surface area contributed by atoms with Crippen LogP contribution in [-0.2, 0) is 4.74 Å². The summed E-state index contributed by atoms with van der Waals surface area (Å²) in [6.45, 7) is 8.21. The summed E-state index contributed by atoms with van der Waals surface area (Å²) in [5.74, 6) is 1.79. The van der Waals surface area contributed by atoms with Crippen molar-refractivity contribution in [3.63, 3.8) is 0 Å². The first kappa shape index (κ1) is 15.5. The van der Waals surface area contributed by atoms with E-state index in [1.54, 1.807) is 0 Å². The molecule has 0 aliphatic heterocycles. The Balaban J connectivity index is 2.31. The van der Waals surface area contributed by atoms with Gasteiger partial charge in [0.05, 0.1) is 0 Å². The van der Waals surface area contributed by atoms with Gasteiger partial charge in [-0.2, -0.15) is 0 Å². The molecule has 0 bridgehead atoms. The van der Waals surface area contributed by atoms with Crippen LogP contribution in [0.5, 0.6) is 0 Å². The standard InChI is InChI=1S/C16H25ClO/c1-13(2)8-10-18-11-9-16(12-17)15-6-4-14(3)5-7-15/h4-7,13,16H,8-12H2,1-3H3. The van der Waals surface area contributed by atoms with E-state index >= 15 is 0 Å². The van der Waals surface area contributed by atoms with Crippen molar-refractivity contribution < 1.29 is 4.74 Å². The molecule has 1 unspecified atom stereocenters. The molecule has 0 saturated heterocycles. The van der Waals surface area contributed by atoms with Gasteiger partial charge in [0.1, 0.15) is 0 Å². The fourth-order valence-electron chi connectivity index (χ4n) is 1.82. The number of alkyl halides is 1. The van der Waals surface area contributed by atoms with Gasteiger partial charge in [0.25, 0.3) is 0 Å². The van der Waals surface area contributed by atoms with Crippen molar-refractivity contribution in [3.8, 4) is 0 Å². The highest BCUT2D eigenvalue weighted by Crippen LogP contribution is 2.21. The van der Waals surface area contributed by atoms with Crippen LogP contribution in [0, 0.1) is 12.8 Å². The first-order valence-electron chi connectivity index (χ1n) is 6.83. The van der Waals surface area contributed by atoms with Crippen molar-refractivity contribution >= 4 is 11.6 Å². The molecule has 0 N–H and O–H groups in total. The normalized spacial score (nSPS) is 12.9. The topological polar surface area (TPSA) is 9.23 Å². The molecule has 1 atom stereocenters. The lowest BCUT2D eigenvalue weighted by Crippen LogP contribution is -2.07. The van der Waals surface area contributed by atoms with Crippen molar-refractivity contribution in [2.75, 3.05) is 19.1 Å². The van der Waals surface area contributed by atoms with Crippen LogP contribution in [-0.4, -0.2) is 19.1 Å². The van der Waals surface area contributed by atoms with Crippen molar-refractivity contribution in [2.45, 2.75) is 39.5 Å². The Bertz CT molecular complexity index is 318. The lowest BCUT2D eigenvalue weighted by Gasteiger charge is -2.15. The summed E-state index contributed by atoms with van der Waals surface area (Å²) in [7, 11) is 0. The molecular weight excluding hydrogens is 244 g/mol. The number of benzene rings is 1. The molecule has 1 rings (SSSR count). The van der Waals surface area contributed by atoms with E-state index in [4.69, 9.17) is 16.3 Å². The number of hydrogen-bond acceptors (Lipinski definition) is 1. The molecular formula is C16H25ClO. The first-order chi connectivity index (χ1) is 8.63. The van der Waals surface area contributed by atoms with Crippen molar-refractivity contribution in [1.29, 1.82) is 0 Å². The molecule has 0 radical (unpaired) electrons. The number of ether oxygens (including phenoxy) is 1. The summed E-state index contributed by atoms with van der Waals surface area (Å²) in [4.78, 5) is 0. The maximum absolute atomic E-state index is 6.05. The number of aryl methyl sites for hydroxylation is 1. The molecule has 2 heteroatoms. The van der Waals surface area contributed by atoms with E-state index in [0.717, 1.165) is 26.1 Å². The van der Waals surface area contributed by atoms with Gasteiger partial charge in [0.15, 0.2) is 0 Å². The largest absolute Gasteiger partial charge is 0.381 e. The highest BCUT2D eigenvalue weighted by atomic mass is 35.5. The van der Waals surface area contributed by atoms with E-state index in [1.165, 1.54) is 11.1 Å². The van der Waals surface area contributed by atoms with Gasteiger partial charge in [-0.05, 0) is 37.2 Å². The van der Waals surface area contributed by atoms with Crippen LogP contribution in [0.3, 0.4) is 0 Å². The highest BCUT2D eigenvalue weighted by molar-refractivity contribution is 6.18. The zero-order valence-corrected chi connectivity index (χ0v) is 12.5. The van der Waals surface area contributed by atoms with Crippen LogP contribution < -0.4 is 0 Å². The van der Waals surface area contributed by atoms with Crippen LogP contribution in [0.1, 0.15) is 43.7 Å². The molecule has 1 aromatic carbocycles. The van der Waals surface area contributed by atoms with Gasteiger partial charge >= 0.3 is 0 Å². The average Bonchev–Trinajstić information content (AvgIpc) is 2.35. The number of hydrogen-bond donors (Lipinski definition) is 0. The number of halogens is 1. The zero-order valence-electron chi connectivity index (χ0n) is 11.8. The predicted molar refractivity (Wildman–Crippen MR) is 79.5 cm³/mol. The smallest absolute Gasteiger partial charge is 0.0472 e. The van der Waals surface area contributed by atoms with Crippen LogP contribution in [0.4, 0.5) is 0 Å². The molecule has 102 valence electrons. The summed E-state index contributed by atoms with van der Waals surface area (Å²) in [6.07, 6.45) is 2.14. The summed E-state index contributed by atoms with van der Waals surface area (Å²) >= 11 is 6.05. The molecule has 1 nitrogen and oxygen atoms in total. The molecule has 0 aromatic heterocycles. The summed E-state index contributed by atoms with van der Waals surface area (Å²) in [6, 6.07) is 8.65. The fraction of sp³-hybridized carbons (Fsp3) is 0.625. The summed E-state index contributed by atoms with van der Waals surface area (Å²) < 4.78 is 5.66. The Morgan fingerprint density at radius 2 is 1.67 bits per heavy atom. The lowest BCUT2D eigenvalue weighted by atomic mass is 9.97. The molecule has 0 aliphatic rings. The molecule has 18 heavy (non-hydrogen) atoms. The van der Waals surface area contributed by atoms with Crippen LogP contribution in [0.25, 0.3) is 0 Å². The van der Waals surface area contributed by atoms with E-state index in [9.17, 15) is 0 Å². The molecule has 0 saturated carbocycles. The second kappa shape index (κ2) is 8.55. The Labute approximate surface area is 116 Å². The predicted octanol–water partition coefficient (Wildman–Crippen LogP) is 4.77. The van der Waals surface area contributed by atoms with Crippen molar-refractivity contribution in [2.24, 2.45) is 5.92 Å². The summed E-state index contributed by atoms with van der Waals surface area (Å²) in [5, 5.41) is 0. The third-order valence-corrected chi connectivity index (χ3v) is 3.56. The minimum absolute atomic E-state index is 0.409. The molecule has 1 aromatic rings. The van der Waals surface area contributed by atoms with Gasteiger partial charge in [-0.1, -0.05) is 43.7 Å². The summed E-state index contributed by atoms with van der Waals surface area (Å²) in [5.41, 5.74) is 2.61. The van der Waals surface area contributed by atoms with Crippen LogP contribution in [0.2, 0.25) is 0 Å². The van der Waals surface area contributed by atoms with E-state index in [2.05, 4.69) is 45.0 Å².